The van der Waals surface area contributed by atoms with Gasteiger partial charge in [-0.1, -0.05) is 18.1 Å². The topological polar surface area (TPSA) is 15.8 Å². The lowest BCUT2D eigenvalue weighted by molar-refractivity contribution is 1.43. The van der Waals surface area contributed by atoms with Crippen molar-refractivity contribution in [3.63, 3.8) is 0 Å². The number of hydrogen-bond donors (Lipinski definition) is 1. The molecule has 1 aromatic carbocycles. The highest BCUT2D eigenvalue weighted by atomic mass is 14.7. The summed E-state index contributed by atoms with van der Waals surface area (Å²) in [5.74, 6) is 0. The summed E-state index contributed by atoms with van der Waals surface area (Å²) in [6, 6.07) is -0.728. The summed E-state index contributed by atoms with van der Waals surface area (Å²) < 4.78 is 37.8. The van der Waals surface area contributed by atoms with Crippen LogP contribution < -0.4 is 0 Å². The number of nitrogens with one attached hydrogen (secondary N) is 1. The van der Waals surface area contributed by atoms with Gasteiger partial charge >= 0.3 is 0 Å². The zero-order chi connectivity index (χ0) is 11.3. The molecule has 0 saturated heterocycles. The van der Waals surface area contributed by atoms with Crippen LogP contribution >= 0.6 is 0 Å². The van der Waals surface area contributed by atoms with Crippen LogP contribution in [-0.4, -0.2) is 4.98 Å². The lowest BCUT2D eigenvalue weighted by Crippen LogP contribution is -1.64. The molecular formula is C9H9N. The molecule has 0 radical (unpaired) electrons. The van der Waals surface area contributed by atoms with Crippen LogP contribution in [0.15, 0.2) is 30.3 Å². The van der Waals surface area contributed by atoms with Gasteiger partial charge in [-0.15, -0.1) is 0 Å². The summed E-state index contributed by atoms with van der Waals surface area (Å²) >= 11 is 0. The van der Waals surface area contributed by atoms with Crippen LogP contribution in [0.3, 0.4) is 0 Å². The third-order valence-electron chi connectivity index (χ3n) is 1.44. The molecule has 0 aliphatic heterocycles. The first-order chi connectivity index (χ1) is 6.95. The van der Waals surface area contributed by atoms with Gasteiger partial charge in [-0.2, -0.15) is 0 Å². The van der Waals surface area contributed by atoms with Gasteiger partial charge in [-0.05, 0) is 18.5 Å². The van der Waals surface area contributed by atoms with Crippen molar-refractivity contribution in [2.24, 2.45) is 0 Å². The Bertz CT molecular complexity index is 558. The lowest BCUT2D eigenvalue weighted by atomic mass is 10.2. The average molecular weight is 136 g/mol. The summed E-state index contributed by atoms with van der Waals surface area (Å²) in [6.07, 6.45) is 0.136. The quantitative estimate of drug-likeness (QED) is 0.572. The maximum Gasteiger partial charge on any atom is 0.0819 e. The lowest BCUT2D eigenvalue weighted by Gasteiger charge is -1.86. The van der Waals surface area contributed by atoms with Gasteiger partial charge in [0.15, 0.2) is 0 Å². The van der Waals surface area contributed by atoms with E-state index in [0.717, 1.165) is 0 Å². The minimum Gasteiger partial charge on any atom is -0.361 e. The van der Waals surface area contributed by atoms with Crippen molar-refractivity contribution < 1.29 is 6.85 Å². The highest BCUT2D eigenvalue weighted by molar-refractivity contribution is 5.82. The molecular weight excluding hydrogens is 122 g/mol. The molecule has 10 heavy (non-hydrogen) atoms. The van der Waals surface area contributed by atoms with E-state index in [1.165, 1.54) is 0 Å². The van der Waals surface area contributed by atoms with E-state index >= 15 is 0 Å². The normalized spacial score (nSPS) is 17.5. The van der Waals surface area contributed by atoms with Gasteiger partial charge in [0.05, 0.1) is 6.85 Å². The Kier molecular flexibility index (Phi) is 0.453. The smallest absolute Gasteiger partial charge is 0.0819 e. The van der Waals surface area contributed by atoms with E-state index in [2.05, 4.69) is 4.98 Å². The van der Waals surface area contributed by atoms with E-state index in [1.54, 1.807) is 6.92 Å². The predicted octanol–water partition coefficient (Wildman–Crippen LogP) is 2.48. The summed E-state index contributed by atoms with van der Waals surface area (Å²) in [5.41, 5.74) is 0.862. The van der Waals surface area contributed by atoms with Crippen LogP contribution in [-0.2, 0) is 0 Å². The Hall–Kier alpha value is -1.24. The van der Waals surface area contributed by atoms with E-state index in [1.807, 2.05) is 0 Å². The number of H-pyrrole nitrogens is 1. The van der Waals surface area contributed by atoms with Gasteiger partial charge in [0.25, 0.3) is 0 Å². The van der Waals surface area contributed by atoms with Crippen LogP contribution in [0.2, 0.25) is 0 Å². The van der Waals surface area contributed by atoms with Crippen molar-refractivity contribution >= 4 is 10.9 Å². The summed E-state index contributed by atoms with van der Waals surface area (Å²) in [7, 11) is 0. The molecule has 0 aliphatic rings. The number of para-hydroxylation sites is 1. The maximum atomic E-state index is 7.69. The molecule has 0 amide bonds. The molecule has 0 bridgehead atoms. The van der Waals surface area contributed by atoms with Gasteiger partial charge in [-0.25, -0.2) is 0 Å². The van der Waals surface area contributed by atoms with Crippen LogP contribution in [0, 0.1) is 6.92 Å². The molecule has 1 nitrogen and oxygen atoms in total. The SMILES string of the molecule is [2H]c1[nH]c2c([2H])c([2H])c([2H])c([2H])c2c1C. The number of aryl methyl sites for hydroxylation is 1. The van der Waals surface area contributed by atoms with E-state index in [-0.39, 0.29) is 30.3 Å². The Balaban J connectivity index is 3.07. The van der Waals surface area contributed by atoms with Crippen molar-refractivity contribution in [2.75, 3.05) is 0 Å². The first-order valence-electron chi connectivity index (χ1n) is 5.50. The molecule has 1 heterocycles. The number of aromatic amines is 1. The molecule has 2 rings (SSSR count). The highest BCUT2D eigenvalue weighted by Gasteiger charge is 1.94. The molecule has 2 aromatic rings. The van der Waals surface area contributed by atoms with Crippen molar-refractivity contribution in [1.82, 2.24) is 4.98 Å². The van der Waals surface area contributed by atoms with Crippen LogP contribution in [0.5, 0.6) is 0 Å². The zero-order valence-corrected chi connectivity index (χ0v) is 5.50. The first-order valence-corrected chi connectivity index (χ1v) is 3.00. The fourth-order valence-corrected chi connectivity index (χ4v) is 0.906. The second-order valence-corrected chi connectivity index (χ2v) is 2.12. The summed E-state index contributed by atoms with van der Waals surface area (Å²) in [6.45, 7) is 1.67. The summed E-state index contributed by atoms with van der Waals surface area (Å²) in [5, 5.41) is 0.408. The number of aromatic nitrogens is 1. The van der Waals surface area contributed by atoms with Crippen LogP contribution in [0.4, 0.5) is 0 Å². The fraction of sp³-hybridized carbons (Fsp3) is 0.111. The number of benzene rings is 1. The minimum atomic E-state index is -0.270. The van der Waals surface area contributed by atoms with Crippen LogP contribution in [0.1, 0.15) is 12.4 Å². The molecule has 0 fully saturated rings. The van der Waals surface area contributed by atoms with Gasteiger partial charge < -0.3 is 4.98 Å². The number of rotatable bonds is 0. The molecule has 50 valence electrons. The molecule has 0 aliphatic carbocycles. The molecule has 0 atom stereocenters. The van der Waals surface area contributed by atoms with Gasteiger partial charge in [0.1, 0.15) is 0 Å². The minimum absolute atomic E-state index is 0.0850. The van der Waals surface area contributed by atoms with E-state index < -0.39 is 0 Å². The monoisotopic (exact) mass is 136 g/mol. The maximum absolute atomic E-state index is 7.69. The van der Waals surface area contributed by atoms with Gasteiger partial charge in [-0.3, -0.25) is 0 Å². The number of hydrogen-bond acceptors (Lipinski definition) is 0. The van der Waals surface area contributed by atoms with E-state index in [0.29, 0.717) is 16.5 Å². The fourth-order valence-electron chi connectivity index (χ4n) is 0.906. The zero-order valence-electron chi connectivity index (χ0n) is 10.5. The Labute approximate surface area is 66.7 Å². The second kappa shape index (κ2) is 1.87. The van der Waals surface area contributed by atoms with Crippen molar-refractivity contribution in [1.29, 1.82) is 0 Å². The van der Waals surface area contributed by atoms with Crippen molar-refractivity contribution in [3.8, 4) is 0 Å². The Morgan fingerprint density at radius 2 is 2.20 bits per heavy atom. The number of fused-ring (bicyclic) bond motifs is 1. The van der Waals surface area contributed by atoms with Crippen molar-refractivity contribution in [3.05, 3.63) is 35.9 Å². The third-order valence-corrected chi connectivity index (χ3v) is 1.44. The molecule has 1 N–H and O–H groups in total. The first kappa shape index (κ1) is 2.42. The molecule has 0 saturated carbocycles. The third kappa shape index (κ3) is 0.637. The Morgan fingerprint density at radius 3 is 3.10 bits per heavy atom. The van der Waals surface area contributed by atoms with E-state index in [9.17, 15) is 0 Å². The van der Waals surface area contributed by atoms with Gasteiger partial charge in [0.2, 0.25) is 0 Å². The van der Waals surface area contributed by atoms with Crippen molar-refractivity contribution in [2.45, 2.75) is 6.92 Å². The second-order valence-electron chi connectivity index (χ2n) is 2.12. The predicted molar refractivity (Wildman–Crippen MR) is 43.0 cm³/mol. The largest absolute Gasteiger partial charge is 0.361 e. The average Bonchev–Trinajstić information content (AvgIpc) is 2.50. The summed E-state index contributed by atoms with van der Waals surface area (Å²) in [4.78, 5) is 2.66. The van der Waals surface area contributed by atoms with Crippen LogP contribution in [0.25, 0.3) is 10.9 Å². The molecule has 1 aromatic heterocycles. The Morgan fingerprint density at radius 1 is 1.40 bits per heavy atom. The molecule has 0 spiro atoms. The molecule has 1 heteroatoms. The molecule has 0 unspecified atom stereocenters. The van der Waals surface area contributed by atoms with Gasteiger partial charge in [0, 0.05) is 17.1 Å². The standard InChI is InChI=1S/C9H9N/c1-7-6-10-9-5-3-2-4-8(7)9/h2-6,10H,1H3/i2D,3D,4D,5D,6D. The highest BCUT2D eigenvalue weighted by Crippen LogP contribution is 2.15. The van der Waals surface area contributed by atoms with E-state index in [4.69, 9.17) is 6.85 Å².